The molecule has 1 fully saturated rings. The van der Waals surface area contributed by atoms with Gasteiger partial charge in [0, 0.05) is 6.04 Å². The zero-order chi connectivity index (χ0) is 7.61. The van der Waals surface area contributed by atoms with Crippen LogP contribution in [-0.2, 0) is 0 Å². The van der Waals surface area contributed by atoms with Crippen LogP contribution in [0.1, 0.15) is 39.5 Å². The fourth-order valence-electron chi connectivity index (χ4n) is 1.86. The van der Waals surface area contributed by atoms with E-state index in [0.29, 0.717) is 5.41 Å². The molecule has 0 aromatic heterocycles. The SMILES string of the molecule is CCCC1(C(C)NC)CC1. The van der Waals surface area contributed by atoms with Gasteiger partial charge in [0.2, 0.25) is 0 Å². The van der Waals surface area contributed by atoms with E-state index in [2.05, 4.69) is 26.2 Å². The van der Waals surface area contributed by atoms with Gasteiger partial charge in [0.15, 0.2) is 0 Å². The van der Waals surface area contributed by atoms with E-state index in [1.807, 2.05) is 0 Å². The zero-order valence-electron chi connectivity index (χ0n) is 7.41. The molecule has 0 spiro atoms. The van der Waals surface area contributed by atoms with Crippen LogP contribution in [0.4, 0.5) is 0 Å². The molecule has 0 aliphatic heterocycles. The minimum atomic E-state index is 0.698. The molecule has 1 aliphatic carbocycles. The first-order valence-corrected chi connectivity index (χ1v) is 4.42. The Morgan fingerprint density at radius 1 is 1.50 bits per heavy atom. The Morgan fingerprint density at radius 3 is 2.40 bits per heavy atom. The highest BCUT2D eigenvalue weighted by atomic mass is 14.9. The molecule has 0 amide bonds. The summed E-state index contributed by atoms with van der Waals surface area (Å²) in [7, 11) is 2.07. The number of nitrogens with one attached hydrogen (secondary N) is 1. The van der Waals surface area contributed by atoms with Gasteiger partial charge in [0.05, 0.1) is 0 Å². The summed E-state index contributed by atoms with van der Waals surface area (Å²) in [6, 6.07) is 0.729. The van der Waals surface area contributed by atoms with E-state index < -0.39 is 0 Å². The van der Waals surface area contributed by atoms with Crippen molar-refractivity contribution in [2.24, 2.45) is 5.41 Å². The van der Waals surface area contributed by atoms with E-state index in [4.69, 9.17) is 0 Å². The first-order valence-electron chi connectivity index (χ1n) is 4.42. The molecule has 1 N–H and O–H groups in total. The highest BCUT2D eigenvalue weighted by Gasteiger charge is 2.45. The molecule has 0 aromatic carbocycles. The Labute approximate surface area is 64.2 Å². The monoisotopic (exact) mass is 141 g/mol. The molecule has 1 aliphatic rings. The van der Waals surface area contributed by atoms with Gasteiger partial charge in [0.1, 0.15) is 0 Å². The van der Waals surface area contributed by atoms with Gasteiger partial charge in [-0.15, -0.1) is 0 Å². The third-order valence-corrected chi connectivity index (χ3v) is 2.99. The highest BCUT2D eigenvalue weighted by Crippen LogP contribution is 2.52. The fraction of sp³-hybridized carbons (Fsp3) is 1.00. The molecule has 10 heavy (non-hydrogen) atoms. The number of hydrogen-bond donors (Lipinski definition) is 1. The van der Waals surface area contributed by atoms with Crippen molar-refractivity contribution in [3.63, 3.8) is 0 Å². The van der Waals surface area contributed by atoms with Crippen LogP contribution in [0.5, 0.6) is 0 Å². The van der Waals surface area contributed by atoms with Crippen LogP contribution in [0, 0.1) is 5.41 Å². The average Bonchev–Trinajstić information content (AvgIpc) is 2.69. The maximum absolute atomic E-state index is 3.35. The lowest BCUT2D eigenvalue weighted by atomic mass is 9.93. The van der Waals surface area contributed by atoms with Crippen LogP contribution in [0.2, 0.25) is 0 Å². The van der Waals surface area contributed by atoms with Crippen LogP contribution >= 0.6 is 0 Å². The van der Waals surface area contributed by atoms with E-state index in [1.165, 1.54) is 25.7 Å². The normalized spacial score (nSPS) is 24.3. The highest BCUT2D eigenvalue weighted by molar-refractivity contribution is 4.99. The van der Waals surface area contributed by atoms with E-state index >= 15 is 0 Å². The van der Waals surface area contributed by atoms with Gasteiger partial charge >= 0.3 is 0 Å². The van der Waals surface area contributed by atoms with Crippen LogP contribution in [0.15, 0.2) is 0 Å². The predicted octanol–water partition coefficient (Wildman–Crippen LogP) is 2.17. The molecule has 1 nitrogen and oxygen atoms in total. The van der Waals surface area contributed by atoms with Crippen molar-refractivity contribution in [3.05, 3.63) is 0 Å². The quantitative estimate of drug-likeness (QED) is 0.632. The minimum absolute atomic E-state index is 0.698. The first kappa shape index (κ1) is 8.06. The Balaban J connectivity index is 2.35. The van der Waals surface area contributed by atoms with Crippen molar-refractivity contribution in [1.82, 2.24) is 5.32 Å². The largest absolute Gasteiger partial charge is 0.317 e. The average molecular weight is 141 g/mol. The smallest absolute Gasteiger partial charge is 0.00921 e. The second-order valence-electron chi connectivity index (χ2n) is 3.62. The summed E-state index contributed by atoms with van der Waals surface area (Å²) in [6.07, 6.45) is 5.65. The standard InChI is InChI=1S/C9H19N/c1-4-5-9(6-7-9)8(2)10-3/h8,10H,4-7H2,1-3H3. The third-order valence-electron chi connectivity index (χ3n) is 2.99. The predicted molar refractivity (Wildman–Crippen MR) is 45.1 cm³/mol. The maximum atomic E-state index is 3.35. The first-order chi connectivity index (χ1) is 4.75. The van der Waals surface area contributed by atoms with Crippen molar-refractivity contribution < 1.29 is 0 Å². The maximum Gasteiger partial charge on any atom is 0.00921 e. The summed E-state index contributed by atoms with van der Waals surface area (Å²) in [4.78, 5) is 0. The zero-order valence-corrected chi connectivity index (χ0v) is 7.41. The molecule has 0 bridgehead atoms. The van der Waals surface area contributed by atoms with Crippen molar-refractivity contribution in [3.8, 4) is 0 Å². The molecule has 60 valence electrons. The molecular formula is C9H19N. The summed E-state index contributed by atoms with van der Waals surface area (Å²) in [5.41, 5.74) is 0.698. The topological polar surface area (TPSA) is 12.0 Å². The Hall–Kier alpha value is -0.0400. The number of hydrogen-bond acceptors (Lipinski definition) is 1. The minimum Gasteiger partial charge on any atom is -0.317 e. The molecule has 1 atom stereocenters. The fourth-order valence-corrected chi connectivity index (χ4v) is 1.86. The molecule has 1 saturated carbocycles. The molecule has 0 saturated heterocycles. The summed E-state index contributed by atoms with van der Waals surface area (Å²) >= 11 is 0. The lowest BCUT2D eigenvalue weighted by Crippen LogP contribution is -2.31. The van der Waals surface area contributed by atoms with Crippen LogP contribution < -0.4 is 5.32 Å². The Bertz CT molecular complexity index is 105. The van der Waals surface area contributed by atoms with Gasteiger partial charge in [-0.05, 0) is 38.6 Å². The lowest BCUT2D eigenvalue weighted by Gasteiger charge is -2.21. The Morgan fingerprint density at radius 2 is 2.10 bits per heavy atom. The molecule has 1 unspecified atom stereocenters. The molecular weight excluding hydrogens is 122 g/mol. The van der Waals surface area contributed by atoms with E-state index in [0.717, 1.165) is 6.04 Å². The van der Waals surface area contributed by atoms with Gasteiger partial charge in [0.25, 0.3) is 0 Å². The summed E-state index contributed by atoms with van der Waals surface area (Å²) < 4.78 is 0. The van der Waals surface area contributed by atoms with E-state index in [9.17, 15) is 0 Å². The molecule has 0 radical (unpaired) electrons. The van der Waals surface area contributed by atoms with Crippen molar-refractivity contribution in [1.29, 1.82) is 0 Å². The molecule has 1 rings (SSSR count). The summed E-state index contributed by atoms with van der Waals surface area (Å²) in [5.74, 6) is 0. The third kappa shape index (κ3) is 1.34. The van der Waals surface area contributed by atoms with E-state index in [-0.39, 0.29) is 0 Å². The van der Waals surface area contributed by atoms with Gasteiger partial charge < -0.3 is 5.32 Å². The van der Waals surface area contributed by atoms with Gasteiger partial charge in [-0.1, -0.05) is 13.3 Å². The lowest BCUT2D eigenvalue weighted by molar-refractivity contribution is 0.344. The molecule has 0 heterocycles. The summed E-state index contributed by atoms with van der Waals surface area (Å²) in [5, 5.41) is 3.35. The van der Waals surface area contributed by atoms with Crippen LogP contribution in [-0.4, -0.2) is 13.1 Å². The number of rotatable bonds is 4. The second kappa shape index (κ2) is 2.91. The Kier molecular flexibility index (Phi) is 2.35. The van der Waals surface area contributed by atoms with Crippen LogP contribution in [0.3, 0.4) is 0 Å². The summed E-state index contributed by atoms with van der Waals surface area (Å²) in [6.45, 7) is 4.59. The van der Waals surface area contributed by atoms with Crippen LogP contribution in [0.25, 0.3) is 0 Å². The van der Waals surface area contributed by atoms with Gasteiger partial charge in [-0.3, -0.25) is 0 Å². The van der Waals surface area contributed by atoms with Gasteiger partial charge in [-0.2, -0.15) is 0 Å². The van der Waals surface area contributed by atoms with Crippen molar-refractivity contribution in [2.45, 2.75) is 45.6 Å². The van der Waals surface area contributed by atoms with Crippen molar-refractivity contribution >= 4 is 0 Å². The van der Waals surface area contributed by atoms with E-state index in [1.54, 1.807) is 0 Å². The van der Waals surface area contributed by atoms with Gasteiger partial charge in [-0.25, -0.2) is 0 Å². The molecule has 1 heteroatoms. The second-order valence-corrected chi connectivity index (χ2v) is 3.62. The van der Waals surface area contributed by atoms with Crippen molar-refractivity contribution in [2.75, 3.05) is 7.05 Å². The molecule has 0 aromatic rings.